The van der Waals surface area contributed by atoms with Gasteiger partial charge in [0.1, 0.15) is 0 Å². The quantitative estimate of drug-likeness (QED) is 0.531. The minimum absolute atomic E-state index is 0.0752. The smallest absolute Gasteiger partial charge is 0.315 e. The molecule has 1 spiro atoms. The van der Waals surface area contributed by atoms with E-state index in [-0.39, 0.29) is 11.6 Å². The lowest BCUT2D eigenvalue weighted by atomic mass is 9.95. The van der Waals surface area contributed by atoms with Crippen LogP contribution in [0.4, 0.5) is 4.79 Å². The van der Waals surface area contributed by atoms with E-state index in [2.05, 4.69) is 5.32 Å². The fourth-order valence-electron chi connectivity index (χ4n) is 2.46. The summed E-state index contributed by atoms with van der Waals surface area (Å²) in [5.41, 5.74) is 5.39. The van der Waals surface area contributed by atoms with Crippen molar-refractivity contribution in [3.8, 4) is 0 Å². The van der Waals surface area contributed by atoms with Gasteiger partial charge in [-0.1, -0.05) is 0 Å². The lowest BCUT2D eigenvalue weighted by Crippen LogP contribution is -2.50. The summed E-state index contributed by atoms with van der Waals surface area (Å²) >= 11 is 0. The molecular weight excluding hydrogens is 154 g/mol. The summed E-state index contributed by atoms with van der Waals surface area (Å²) in [7, 11) is 0. The number of carbonyl (C=O) groups is 1. The lowest BCUT2D eigenvalue weighted by molar-refractivity contribution is 0.164. The van der Waals surface area contributed by atoms with E-state index in [9.17, 15) is 4.79 Å². The fourth-order valence-corrected chi connectivity index (χ4v) is 2.46. The highest BCUT2D eigenvalue weighted by Crippen LogP contribution is 2.33. The summed E-state index contributed by atoms with van der Waals surface area (Å²) in [5, 5.41) is 3.29. The van der Waals surface area contributed by atoms with Gasteiger partial charge in [0.05, 0.1) is 5.54 Å². The number of carbonyl (C=O) groups excluding carboxylic acids is 1. The Balaban J connectivity index is 2.17. The van der Waals surface area contributed by atoms with Crippen molar-refractivity contribution in [3.05, 3.63) is 0 Å². The van der Waals surface area contributed by atoms with E-state index in [1.807, 2.05) is 4.90 Å². The number of amides is 2. The molecule has 0 aromatic heterocycles. The Hall–Kier alpha value is -0.770. The molecule has 0 aliphatic carbocycles. The molecule has 1 atom stereocenters. The molecule has 2 aliphatic rings. The molecular formula is C8H15N3O. The molecule has 0 aromatic rings. The van der Waals surface area contributed by atoms with Gasteiger partial charge in [-0.3, -0.25) is 0 Å². The topological polar surface area (TPSA) is 58.4 Å². The molecule has 0 saturated carbocycles. The zero-order valence-electron chi connectivity index (χ0n) is 7.18. The Kier molecular flexibility index (Phi) is 1.72. The molecule has 2 amide bonds. The molecule has 0 aromatic carbocycles. The molecule has 4 nitrogen and oxygen atoms in total. The zero-order chi connectivity index (χ0) is 8.60. The van der Waals surface area contributed by atoms with E-state index in [1.54, 1.807) is 0 Å². The summed E-state index contributed by atoms with van der Waals surface area (Å²) in [6.07, 6.45) is 3.28. The normalized spacial score (nSPS) is 34.8. The molecule has 0 radical (unpaired) electrons. The van der Waals surface area contributed by atoms with Crippen LogP contribution >= 0.6 is 0 Å². The highest BCUT2D eigenvalue weighted by Gasteiger charge is 2.44. The van der Waals surface area contributed by atoms with Gasteiger partial charge in [-0.15, -0.1) is 0 Å². The first kappa shape index (κ1) is 7.86. The number of nitrogens with zero attached hydrogens (tertiary/aromatic N) is 1. The molecule has 0 bridgehead atoms. The van der Waals surface area contributed by atoms with Crippen LogP contribution < -0.4 is 11.1 Å². The number of primary amides is 1. The monoisotopic (exact) mass is 169 g/mol. The van der Waals surface area contributed by atoms with Crippen molar-refractivity contribution in [2.24, 2.45) is 5.73 Å². The van der Waals surface area contributed by atoms with Crippen LogP contribution in [0.3, 0.4) is 0 Å². The van der Waals surface area contributed by atoms with Crippen LogP contribution in [-0.4, -0.2) is 36.1 Å². The Labute approximate surface area is 72.1 Å². The maximum Gasteiger partial charge on any atom is 0.315 e. The van der Waals surface area contributed by atoms with Gasteiger partial charge in [-0.05, 0) is 25.8 Å². The number of nitrogens with two attached hydrogens (primary N) is 1. The van der Waals surface area contributed by atoms with E-state index in [4.69, 9.17) is 5.73 Å². The summed E-state index contributed by atoms with van der Waals surface area (Å²) in [5.74, 6) is 0. The van der Waals surface area contributed by atoms with Gasteiger partial charge < -0.3 is 16.0 Å². The number of nitrogens with one attached hydrogen (secondary N) is 1. The molecule has 0 unspecified atom stereocenters. The molecule has 3 N–H and O–H groups in total. The van der Waals surface area contributed by atoms with Crippen LogP contribution in [0.2, 0.25) is 0 Å². The average molecular weight is 169 g/mol. The first-order valence-electron chi connectivity index (χ1n) is 4.52. The average Bonchev–Trinajstić information content (AvgIpc) is 2.61. The predicted octanol–water partition coefficient (Wildman–Crippen LogP) is -0.107. The first-order chi connectivity index (χ1) is 5.75. The lowest BCUT2D eigenvalue weighted by Gasteiger charge is -2.32. The minimum atomic E-state index is -0.254. The van der Waals surface area contributed by atoms with Crippen molar-refractivity contribution in [2.75, 3.05) is 19.6 Å². The Bertz CT molecular complexity index is 193. The van der Waals surface area contributed by atoms with Crippen molar-refractivity contribution >= 4 is 6.03 Å². The number of rotatable bonds is 0. The van der Waals surface area contributed by atoms with Crippen LogP contribution in [0.25, 0.3) is 0 Å². The largest absolute Gasteiger partial charge is 0.351 e. The maximum atomic E-state index is 11.1. The molecule has 2 fully saturated rings. The number of hydrogen-bond donors (Lipinski definition) is 2. The first-order valence-corrected chi connectivity index (χ1v) is 4.52. The third-order valence-electron chi connectivity index (χ3n) is 3.08. The highest BCUT2D eigenvalue weighted by atomic mass is 16.2. The van der Waals surface area contributed by atoms with Gasteiger partial charge >= 0.3 is 6.03 Å². The third-order valence-corrected chi connectivity index (χ3v) is 3.08. The molecule has 2 heterocycles. The Morgan fingerprint density at radius 1 is 1.50 bits per heavy atom. The summed E-state index contributed by atoms with van der Waals surface area (Å²) < 4.78 is 0. The third kappa shape index (κ3) is 0.982. The second kappa shape index (κ2) is 2.62. The van der Waals surface area contributed by atoms with Crippen molar-refractivity contribution < 1.29 is 4.79 Å². The van der Waals surface area contributed by atoms with Crippen molar-refractivity contribution in [1.29, 1.82) is 0 Å². The zero-order valence-corrected chi connectivity index (χ0v) is 7.18. The second-order valence-electron chi connectivity index (χ2n) is 3.74. The highest BCUT2D eigenvalue weighted by molar-refractivity contribution is 5.73. The predicted molar refractivity (Wildman–Crippen MR) is 45.7 cm³/mol. The van der Waals surface area contributed by atoms with Crippen molar-refractivity contribution in [1.82, 2.24) is 10.2 Å². The van der Waals surface area contributed by atoms with Crippen LogP contribution in [-0.2, 0) is 0 Å². The van der Waals surface area contributed by atoms with E-state index >= 15 is 0 Å². The molecule has 2 aliphatic heterocycles. The van der Waals surface area contributed by atoms with Crippen LogP contribution in [0.5, 0.6) is 0 Å². The minimum Gasteiger partial charge on any atom is -0.351 e. The van der Waals surface area contributed by atoms with Gasteiger partial charge in [0.15, 0.2) is 0 Å². The number of likely N-dealkylation sites (tertiary alicyclic amines) is 1. The molecule has 2 saturated heterocycles. The summed E-state index contributed by atoms with van der Waals surface area (Å²) in [6, 6.07) is -0.254. The van der Waals surface area contributed by atoms with Crippen LogP contribution in [0, 0.1) is 0 Å². The standard InChI is InChI=1S/C8H15N3O/c9-7(12)11-5-1-2-8(11)3-4-10-6-8/h10H,1-6H2,(H2,9,12)/t8-/m1/s1. The van der Waals surface area contributed by atoms with Gasteiger partial charge in [-0.25, -0.2) is 4.79 Å². The van der Waals surface area contributed by atoms with Gasteiger partial charge in [-0.2, -0.15) is 0 Å². The van der Waals surface area contributed by atoms with E-state index in [0.717, 1.165) is 38.9 Å². The summed E-state index contributed by atoms with van der Waals surface area (Å²) in [6.45, 7) is 2.79. The molecule has 12 heavy (non-hydrogen) atoms. The number of hydrogen-bond acceptors (Lipinski definition) is 2. The van der Waals surface area contributed by atoms with E-state index < -0.39 is 0 Å². The molecule has 68 valence electrons. The van der Waals surface area contributed by atoms with Crippen LogP contribution in [0.1, 0.15) is 19.3 Å². The van der Waals surface area contributed by atoms with E-state index in [1.165, 1.54) is 0 Å². The second-order valence-corrected chi connectivity index (χ2v) is 3.74. The summed E-state index contributed by atoms with van der Waals surface area (Å²) in [4.78, 5) is 12.9. The maximum absolute atomic E-state index is 11.1. The fraction of sp³-hybridized carbons (Fsp3) is 0.875. The molecule has 2 rings (SSSR count). The number of urea groups is 1. The molecule has 4 heteroatoms. The SMILES string of the molecule is NC(=O)N1CCC[C@]12CCNC2. The Morgan fingerprint density at radius 2 is 2.33 bits per heavy atom. The van der Waals surface area contributed by atoms with Gasteiger partial charge in [0, 0.05) is 13.1 Å². The van der Waals surface area contributed by atoms with Gasteiger partial charge in [0.2, 0.25) is 0 Å². The van der Waals surface area contributed by atoms with Gasteiger partial charge in [0.25, 0.3) is 0 Å². The Morgan fingerprint density at radius 3 is 2.92 bits per heavy atom. The van der Waals surface area contributed by atoms with Crippen molar-refractivity contribution in [2.45, 2.75) is 24.8 Å². The van der Waals surface area contributed by atoms with E-state index in [0.29, 0.717) is 0 Å². The van der Waals surface area contributed by atoms with Crippen molar-refractivity contribution in [3.63, 3.8) is 0 Å². The van der Waals surface area contributed by atoms with Crippen LogP contribution in [0.15, 0.2) is 0 Å².